The van der Waals surface area contributed by atoms with E-state index in [0.717, 1.165) is 48.2 Å². The standard InChI is InChI=1S/C38H67O5PSi/c1-4-41-45(42-5-2,43-6-3)31-21-10-8-7-9-20-30-40-37-29-28-33(39)32-38(37)44(34-22-14-11-15-23-34,35-24-16-12-17-25-35)36-26-18-13-19-27-36/h28-29,32,34-36H,4-27,30-31H2,1-3H3/p+1. The molecule has 45 heavy (non-hydrogen) atoms. The minimum atomic E-state index is -2.51. The van der Waals surface area contributed by atoms with Gasteiger partial charge in [-0.1, -0.05) is 44.9 Å². The number of unbranched alkanes of at least 4 members (excludes halogenated alkanes) is 5. The summed E-state index contributed by atoms with van der Waals surface area (Å²) in [6, 6.07) is 7.19. The summed E-state index contributed by atoms with van der Waals surface area (Å²) in [4.78, 5) is 0. The van der Waals surface area contributed by atoms with Crippen molar-refractivity contribution in [2.24, 2.45) is 0 Å². The van der Waals surface area contributed by atoms with Crippen LogP contribution in [0.2, 0.25) is 6.04 Å². The first-order chi connectivity index (χ1) is 22.1. The number of phenolic OH excluding ortho intramolecular Hbond substituents is 1. The third kappa shape index (κ3) is 10.2. The van der Waals surface area contributed by atoms with E-state index in [1.165, 1.54) is 127 Å². The summed E-state index contributed by atoms with van der Waals surface area (Å²) in [5.74, 6) is 1.58. The first-order valence-electron chi connectivity index (χ1n) is 19.4. The van der Waals surface area contributed by atoms with E-state index < -0.39 is 16.1 Å². The zero-order valence-electron chi connectivity index (χ0n) is 29.4. The van der Waals surface area contributed by atoms with Gasteiger partial charge in [-0.15, -0.1) is 0 Å². The van der Waals surface area contributed by atoms with Gasteiger partial charge in [0.1, 0.15) is 11.1 Å². The van der Waals surface area contributed by atoms with Crippen LogP contribution in [0.5, 0.6) is 11.5 Å². The average Bonchev–Trinajstić information content (AvgIpc) is 3.07. The average molecular weight is 664 g/mol. The van der Waals surface area contributed by atoms with Crippen molar-refractivity contribution in [2.75, 3.05) is 26.4 Å². The molecule has 0 saturated heterocycles. The van der Waals surface area contributed by atoms with Crippen LogP contribution in [0.1, 0.15) is 156 Å². The van der Waals surface area contributed by atoms with Gasteiger partial charge < -0.3 is 23.1 Å². The van der Waals surface area contributed by atoms with Crippen molar-refractivity contribution in [1.82, 2.24) is 0 Å². The number of ether oxygens (including phenoxy) is 1. The summed E-state index contributed by atoms with van der Waals surface area (Å²) in [6.45, 7) is 8.85. The van der Waals surface area contributed by atoms with Crippen LogP contribution in [0.25, 0.3) is 0 Å². The minimum absolute atomic E-state index is 0.453. The van der Waals surface area contributed by atoms with E-state index in [1.54, 1.807) is 0 Å². The molecule has 7 heteroatoms. The fourth-order valence-corrected chi connectivity index (χ4v) is 19.5. The molecule has 258 valence electrons. The highest BCUT2D eigenvalue weighted by Crippen LogP contribution is 2.77. The molecule has 0 spiro atoms. The Bertz CT molecular complexity index is 880. The number of aromatic hydroxyl groups is 1. The summed E-state index contributed by atoms with van der Waals surface area (Å²) in [5, 5.41) is 12.5. The molecule has 0 aliphatic heterocycles. The van der Waals surface area contributed by atoms with Gasteiger partial charge in [-0.05, 0) is 123 Å². The van der Waals surface area contributed by atoms with Crippen LogP contribution < -0.4 is 10.0 Å². The van der Waals surface area contributed by atoms with E-state index in [0.29, 0.717) is 25.6 Å². The molecule has 3 aliphatic rings. The van der Waals surface area contributed by atoms with Crippen LogP contribution in [-0.4, -0.2) is 57.3 Å². The summed E-state index contributed by atoms with van der Waals surface area (Å²) < 4.78 is 24.9. The van der Waals surface area contributed by atoms with Gasteiger partial charge in [0.05, 0.1) is 30.8 Å². The Kier molecular flexibility index (Phi) is 16.5. The van der Waals surface area contributed by atoms with Crippen LogP contribution in [-0.2, 0) is 13.3 Å². The molecule has 0 aromatic heterocycles. The van der Waals surface area contributed by atoms with Gasteiger partial charge in [-0.25, -0.2) is 0 Å². The van der Waals surface area contributed by atoms with E-state index in [4.69, 9.17) is 18.0 Å². The molecule has 0 bridgehead atoms. The van der Waals surface area contributed by atoms with Gasteiger partial charge in [0, 0.05) is 31.9 Å². The lowest BCUT2D eigenvalue weighted by atomic mass is 9.99. The van der Waals surface area contributed by atoms with Crippen molar-refractivity contribution in [3.05, 3.63) is 18.2 Å². The molecule has 5 nitrogen and oxygen atoms in total. The molecule has 0 heterocycles. The monoisotopic (exact) mass is 663 g/mol. The van der Waals surface area contributed by atoms with Crippen molar-refractivity contribution >= 4 is 21.4 Å². The molecule has 1 N–H and O–H groups in total. The van der Waals surface area contributed by atoms with E-state index >= 15 is 0 Å². The summed E-state index contributed by atoms with van der Waals surface area (Å²) in [5.41, 5.74) is 2.49. The smallest absolute Gasteiger partial charge is 0.500 e. The Morgan fingerprint density at radius 2 is 1.07 bits per heavy atom. The number of hydrogen-bond donors (Lipinski definition) is 1. The minimum Gasteiger partial charge on any atom is -0.508 e. The molecular formula is C38H68O5PSi+. The summed E-state index contributed by atoms with van der Waals surface area (Å²) in [7, 11) is -4.07. The molecular weight excluding hydrogens is 595 g/mol. The molecule has 0 atom stereocenters. The van der Waals surface area contributed by atoms with Gasteiger partial charge in [0.25, 0.3) is 0 Å². The fourth-order valence-electron chi connectivity index (χ4n) is 9.27. The zero-order valence-corrected chi connectivity index (χ0v) is 31.3. The van der Waals surface area contributed by atoms with Gasteiger partial charge in [-0.3, -0.25) is 0 Å². The SMILES string of the molecule is CCO[Si](CCCCCCCCOc1ccc(O)cc1[P+](C1CCCCC1)(C1CCCCC1)C1CCCCC1)(OCC)OCC. The molecule has 1 aromatic rings. The quantitative estimate of drug-likeness (QED) is 0.0855. The van der Waals surface area contributed by atoms with Crippen molar-refractivity contribution in [2.45, 2.75) is 179 Å². The topological polar surface area (TPSA) is 57.2 Å². The largest absolute Gasteiger partial charge is 0.508 e. The van der Waals surface area contributed by atoms with E-state index in [-0.39, 0.29) is 0 Å². The lowest BCUT2D eigenvalue weighted by molar-refractivity contribution is 0.0706. The Morgan fingerprint density at radius 1 is 0.622 bits per heavy atom. The number of benzene rings is 1. The first kappa shape index (κ1) is 37.2. The normalized spacial score (nSPS) is 19.6. The third-order valence-corrected chi connectivity index (χ3v) is 20.6. The number of hydrogen-bond acceptors (Lipinski definition) is 5. The van der Waals surface area contributed by atoms with Crippen LogP contribution in [0.15, 0.2) is 18.2 Å². The molecule has 0 unspecified atom stereocenters. The number of phenols is 1. The maximum absolute atomic E-state index is 11.0. The molecule has 0 amide bonds. The molecule has 0 radical (unpaired) electrons. The highest BCUT2D eigenvalue weighted by Gasteiger charge is 2.60. The highest BCUT2D eigenvalue weighted by molar-refractivity contribution is 7.85. The fraction of sp³-hybridized carbons (Fsp3) is 0.842. The predicted molar refractivity (Wildman–Crippen MR) is 194 cm³/mol. The maximum atomic E-state index is 11.0. The molecule has 3 aliphatic carbocycles. The number of rotatable bonds is 20. The third-order valence-electron chi connectivity index (χ3n) is 11.1. The lowest BCUT2D eigenvalue weighted by Crippen LogP contribution is -2.45. The van der Waals surface area contributed by atoms with Crippen LogP contribution in [0, 0.1) is 0 Å². The Labute approximate surface area is 278 Å². The van der Waals surface area contributed by atoms with Crippen LogP contribution in [0.4, 0.5) is 0 Å². The predicted octanol–water partition coefficient (Wildman–Crippen LogP) is 10.8. The maximum Gasteiger partial charge on any atom is 0.500 e. The lowest BCUT2D eigenvalue weighted by Gasteiger charge is -2.49. The Balaban J connectivity index is 1.39. The summed E-state index contributed by atoms with van der Waals surface area (Å²) in [6.07, 6.45) is 28.1. The molecule has 1 aromatic carbocycles. The summed E-state index contributed by atoms with van der Waals surface area (Å²) >= 11 is 0. The van der Waals surface area contributed by atoms with Crippen molar-refractivity contribution in [1.29, 1.82) is 0 Å². The van der Waals surface area contributed by atoms with Crippen molar-refractivity contribution < 1.29 is 23.1 Å². The first-order valence-corrected chi connectivity index (χ1v) is 23.3. The second-order valence-corrected chi connectivity index (χ2v) is 21.1. The van der Waals surface area contributed by atoms with Gasteiger partial charge in [0.2, 0.25) is 0 Å². The molecule has 3 saturated carbocycles. The second kappa shape index (κ2) is 20.0. The van der Waals surface area contributed by atoms with Gasteiger partial charge >= 0.3 is 8.80 Å². The van der Waals surface area contributed by atoms with Crippen LogP contribution in [0.3, 0.4) is 0 Å². The highest BCUT2D eigenvalue weighted by atomic mass is 31.2. The molecule has 3 fully saturated rings. The Hall–Kier alpha value is -0.653. The van der Waals surface area contributed by atoms with Crippen molar-refractivity contribution in [3.8, 4) is 11.5 Å². The van der Waals surface area contributed by atoms with Crippen molar-refractivity contribution in [3.63, 3.8) is 0 Å². The Morgan fingerprint density at radius 3 is 1.53 bits per heavy atom. The second-order valence-electron chi connectivity index (χ2n) is 14.1. The van der Waals surface area contributed by atoms with E-state index in [9.17, 15) is 5.11 Å². The van der Waals surface area contributed by atoms with Crippen LogP contribution >= 0.6 is 7.26 Å². The molecule has 4 rings (SSSR count). The van der Waals surface area contributed by atoms with E-state index in [1.807, 2.05) is 26.8 Å². The zero-order chi connectivity index (χ0) is 31.8. The van der Waals surface area contributed by atoms with E-state index in [2.05, 4.69) is 12.1 Å². The van der Waals surface area contributed by atoms with Gasteiger partial charge in [0.15, 0.2) is 5.75 Å². The van der Waals surface area contributed by atoms with Gasteiger partial charge in [-0.2, -0.15) is 0 Å².